The minimum absolute atomic E-state index is 0.0327. The van der Waals surface area contributed by atoms with Crippen LogP contribution in [0.5, 0.6) is 0 Å². The number of nitrogens with zero attached hydrogens (tertiary/aromatic N) is 1. The summed E-state index contributed by atoms with van der Waals surface area (Å²) in [5, 5.41) is 0. The fourth-order valence-electron chi connectivity index (χ4n) is 4.03. The van der Waals surface area contributed by atoms with E-state index in [4.69, 9.17) is 9.16 Å². The van der Waals surface area contributed by atoms with Crippen molar-refractivity contribution in [2.24, 2.45) is 0 Å². The Balaban J connectivity index is 2.00. The van der Waals surface area contributed by atoms with E-state index >= 15 is 0 Å². The van der Waals surface area contributed by atoms with Crippen LogP contribution in [0.3, 0.4) is 0 Å². The smallest absolute Gasteiger partial charge is 0.422 e. The molecule has 1 aromatic rings. The molecule has 1 aromatic carbocycles. The Morgan fingerprint density at radius 3 is 2.20 bits per heavy atom. The number of hydrogen-bond donors (Lipinski definition) is 0. The first-order valence-electron chi connectivity index (χ1n) is 11.8. The molecule has 0 saturated carbocycles. The molecule has 0 aromatic heterocycles. The zero-order valence-corrected chi connectivity index (χ0v) is 20.1. The minimum atomic E-state index is -1.77. The fraction of sp³-hybridized carbons (Fsp3) is 0.640. The van der Waals surface area contributed by atoms with E-state index in [1.165, 1.54) is 62.2 Å². The van der Waals surface area contributed by atoms with Gasteiger partial charge in [-0.15, -0.1) is 0 Å². The topological polar surface area (TPSA) is 38.8 Å². The van der Waals surface area contributed by atoms with E-state index in [-0.39, 0.29) is 12.1 Å². The molecular weight excluding hydrogens is 390 g/mol. The normalized spacial score (nSPS) is 16.3. The molecule has 1 aliphatic rings. The monoisotopic (exact) mass is 429 g/mol. The third-order valence-electron chi connectivity index (χ3n) is 5.88. The fourth-order valence-corrected chi connectivity index (χ4v) is 8.58. The number of amides is 1. The van der Waals surface area contributed by atoms with E-state index in [1.807, 2.05) is 18.2 Å². The van der Waals surface area contributed by atoms with Crippen molar-refractivity contribution in [3.05, 3.63) is 35.9 Å². The number of rotatable bonds is 13. The van der Waals surface area contributed by atoms with Gasteiger partial charge in [0.2, 0.25) is 0 Å². The van der Waals surface area contributed by atoms with Gasteiger partial charge >= 0.3 is 6.09 Å². The largest absolute Gasteiger partial charge is 0.446 e. The van der Waals surface area contributed by atoms with Gasteiger partial charge in [0.15, 0.2) is 8.32 Å². The maximum atomic E-state index is 12.2. The first kappa shape index (κ1) is 24.5. The Morgan fingerprint density at radius 2 is 1.63 bits per heavy atom. The van der Waals surface area contributed by atoms with Gasteiger partial charge in [-0.1, -0.05) is 95.5 Å². The SMILES string of the molecule is CCCC[Si](CCCC)(CCCC)OCC#CN1C(=O)OC[C@H]1Cc1ccccc1. The van der Waals surface area contributed by atoms with Crippen molar-refractivity contribution < 1.29 is 14.0 Å². The number of carbonyl (C=O) groups is 1. The molecule has 0 spiro atoms. The molecule has 1 heterocycles. The molecule has 1 amide bonds. The summed E-state index contributed by atoms with van der Waals surface area (Å²) in [5.41, 5.74) is 1.19. The Labute approximate surface area is 184 Å². The molecule has 0 unspecified atom stereocenters. The van der Waals surface area contributed by atoms with Crippen LogP contribution in [0.1, 0.15) is 64.9 Å². The highest BCUT2D eigenvalue weighted by molar-refractivity contribution is 6.73. The highest BCUT2D eigenvalue weighted by Gasteiger charge is 2.34. The molecule has 1 fully saturated rings. The average molecular weight is 430 g/mol. The van der Waals surface area contributed by atoms with Gasteiger partial charge in [-0.25, -0.2) is 9.69 Å². The first-order valence-corrected chi connectivity index (χ1v) is 14.3. The van der Waals surface area contributed by atoms with Crippen molar-refractivity contribution >= 4 is 14.4 Å². The molecule has 4 nitrogen and oxygen atoms in total. The lowest BCUT2D eigenvalue weighted by Crippen LogP contribution is -2.38. The third-order valence-corrected chi connectivity index (χ3v) is 10.4. The van der Waals surface area contributed by atoms with E-state index in [2.05, 4.69) is 44.9 Å². The van der Waals surface area contributed by atoms with Crippen LogP contribution in [0.15, 0.2) is 30.3 Å². The summed E-state index contributed by atoms with van der Waals surface area (Å²) >= 11 is 0. The first-order chi connectivity index (χ1) is 14.6. The zero-order chi connectivity index (χ0) is 21.7. The van der Waals surface area contributed by atoms with Crippen molar-refractivity contribution in [3.63, 3.8) is 0 Å². The van der Waals surface area contributed by atoms with E-state index in [0.717, 1.165) is 6.42 Å². The second-order valence-electron chi connectivity index (χ2n) is 8.36. The molecule has 1 saturated heterocycles. The van der Waals surface area contributed by atoms with Crippen LogP contribution in [-0.4, -0.2) is 38.6 Å². The summed E-state index contributed by atoms with van der Waals surface area (Å²) in [6, 6.07) is 16.9. The van der Waals surface area contributed by atoms with Crippen LogP contribution in [0.2, 0.25) is 18.1 Å². The molecule has 1 atom stereocenters. The molecular formula is C25H39NO3Si. The van der Waals surface area contributed by atoms with Gasteiger partial charge in [-0.2, -0.15) is 0 Å². The van der Waals surface area contributed by atoms with Crippen LogP contribution in [0.25, 0.3) is 0 Å². The van der Waals surface area contributed by atoms with Crippen LogP contribution in [0.4, 0.5) is 4.79 Å². The Bertz CT molecular complexity index is 661. The highest BCUT2D eigenvalue weighted by Crippen LogP contribution is 2.29. The number of hydrogen-bond acceptors (Lipinski definition) is 3. The van der Waals surface area contributed by atoms with Gasteiger partial charge < -0.3 is 9.16 Å². The van der Waals surface area contributed by atoms with Gasteiger partial charge in [0.1, 0.15) is 6.61 Å². The van der Waals surface area contributed by atoms with Crippen molar-refractivity contribution in [3.8, 4) is 12.0 Å². The summed E-state index contributed by atoms with van der Waals surface area (Å²) in [5.74, 6) is 3.15. The lowest BCUT2D eigenvalue weighted by Gasteiger charge is -2.31. The van der Waals surface area contributed by atoms with E-state index < -0.39 is 8.32 Å². The van der Waals surface area contributed by atoms with Crippen molar-refractivity contribution in [1.29, 1.82) is 0 Å². The number of ether oxygens (including phenoxy) is 1. The molecule has 5 heteroatoms. The number of benzene rings is 1. The van der Waals surface area contributed by atoms with Crippen LogP contribution in [-0.2, 0) is 15.6 Å². The lowest BCUT2D eigenvalue weighted by atomic mass is 10.1. The molecule has 2 rings (SSSR count). The second kappa shape index (κ2) is 13.5. The van der Waals surface area contributed by atoms with Crippen molar-refractivity contribution in [1.82, 2.24) is 4.90 Å². The quantitative estimate of drug-likeness (QED) is 0.270. The Morgan fingerprint density at radius 1 is 1.03 bits per heavy atom. The minimum Gasteiger partial charge on any atom is -0.446 e. The van der Waals surface area contributed by atoms with Gasteiger partial charge in [0.05, 0.1) is 12.6 Å². The zero-order valence-electron chi connectivity index (χ0n) is 19.1. The van der Waals surface area contributed by atoms with Crippen molar-refractivity contribution in [2.45, 2.75) is 89.9 Å². The number of cyclic esters (lactones) is 1. The summed E-state index contributed by atoms with van der Waals surface area (Å²) in [6.07, 6.45) is 7.77. The predicted molar refractivity (Wildman–Crippen MR) is 126 cm³/mol. The molecule has 0 bridgehead atoms. The van der Waals surface area contributed by atoms with Gasteiger partial charge in [0, 0.05) is 6.04 Å². The predicted octanol–water partition coefficient (Wildman–Crippen LogP) is 6.37. The molecule has 30 heavy (non-hydrogen) atoms. The van der Waals surface area contributed by atoms with Gasteiger partial charge in [-0.05, 0) is 30.1 Å². The number of carbonyl (C=O) groups excluding carboxylic acids is 1. The lowest BCUT2D eigenvalue weighted by molar-refractivity contribution is 0.167. The number of unbranched alkanes of at least 4 members (excludes halogenated alkanes) is 3. The Hall–Kier alpha value is -1.77. The maximum absolute atomic E-state index is 12.2. The van der Waals surface area contributed by atoms with Crippen LogP contribution >= 0.6 is 0 Å². The standard InChI is InChI=1S/C25H39NO3Si/c1-4-7-18-30(19-8-5-2,20-9-6-3)29-17-13-16-26-24(22-28-25(26)27)21-23-14-11-10-12-15-23/h10-12,14-15,24H,4-9,17-22H2,1-3H3/t24-/m1/s1. The summed E-state index contributed by atoms with van der Waals surface area (Å²) in [7, 11) is -1.77. The maximum Gasteiger partial charge on any atom is 0.422 e. The molecule has 1 aliphatic heterocycles. The summed E-state index contributed by atoms with van der Waals surface area (Å²) < 4.78 is 11.8. The Kier molecular flexibility index (Phi) is 11.0. The summed E-state index contributed by atoms with van der Waals surface area (Å²) in [4.78, 5) is 13.7. The van der Waals surface area contributed by atoms with Crippen LogP contribution < -0.4 is 0 Å². The van der Waals surface area contributed by atoms with Crippen molar-refractivity contribution in [2.75, 3.05) is 13.2 Å². The third kappa shape index (κ3) is 7.81. The van der Waals surface area contributed by atoms with E-state index in [9.17, 15) is 4.79 Å². The molecule has 0 N–H and O–H groups in total. The second-order valence-corrected chi connectivity index (χ2v) is 12.5. The summed E-state index contributed by atoms with van der Waals surface area (Å²) in [6.45, 7) is 7.58. The van der Waals surface area contributed by atoms with Gasteiger partial charge in [-0.3, -0.25) is 0 Å². The highest BCUT2D eigenvalue weighted by atomic mass is 28.4. The molecule has 0 aliphatic carbocycles. The van der Waals surface area contributed by atoms with Crippen LogP contribution in [0, 0.1) is 12.0 Å². The van der Waals surface area contributed by atoms with E-state index in [1.54, 1.807) is 4.90 Å². The molecule has 166 valence electrons. The van der Waals surface area contributed by atoms with Gasteiger partial charge in [0.25, 0.3) is 0 Å². The van der Waals surface area contributed by atoms with E-state index in [0.29, 0.717) is 13.2 Å². The molecule has 0 radical (unpaired) electrons. The average Bonchev–Trinajstić information content (AvgIpc) is 3.11.